The largest absolute Gasteiger partial charge is 0.367 e. The number of nitrogens with zero attached hydrogens (tertiary/aromatic N) is 2. The van der Waals surface area contributed by atoms with Gasteiger partial charge in [0, 0.05) is 60.8 Å². The molecule has 1 amide bonds. The second-order valence-electron chi connectivity index (χ2n) is 8.26. The summed E-state index contributed by atoms with van der Waals surface area (Å²) >= 11 is 6.37. The number of fused-ring (bicyclic) bond motifs is 1. The van der Waals surface area contributed by atoms with E-state index in [1.54, 1.807) is 0 Å². The zero-order chi connectivity index (χ0) is 20.5. The topological polar surface area (TPSA) is 73.0 Å². The minimum absolute atomic E-state index is 0.181. The highest BCUT2D eigenvalue weighted by Crippen LogP contribution is 2.32. The van der Waals surface area contributed by atoms with Crippen LogP contribution >= 0.6 is 11.6 Å². The lowest BCUT2D eigenvalue weighted by Gasteiger charge is -2.39. The van der Waals surface area contributed by atoms with Gasteiger partial charge in [0.05, 0.1) is 0 Å². The maximum Gasteiger partial charge on any atom is 0.220 e. The summed E-state index contributed by atoms with van der Waals surface area (Å²) in [6.07, 6.45) is 5.75. The van der Waals surface area contributed by atoms with Gasteiger partial charge in [-0.05, 0) is 43.0 Å². The summed E-state index contributed by atoms with van der Waals surface area (Å²) in [5.41, 5.74) is 3.30. The molecule has 2 aromatic heterocycles. The predicted molar refractivity (Wildman–Crippen MR) is 121 cm³/mol. The van der Waals surface area contributed by atoms with Crippen LogP contribution < -0.4 is 10.6 Å². The van der Waals surface area contributed by atoms with Gasteiger partial charge in [0.2, 0.25) is 5.91 Å². The number of aromatic nitrogens is 2. The SMILES string of the molecule is O=C1CCC(N2CCC(Nc3cc(-c4c[nH]c5ccccc45)cc(Cl)n3)CC2)CN1. The van der Waals surface area contributed by atoms with Crippen molar-refractivity contribution in [3.8, 4) is 11.1 Å². The van der Waals surface area contributed by atoms with Crippen LogP contribution in [0.25, 0.3) is 22.0 Å². The number of likely N-dealkylation sites (tertiary alicyclic amines) is 1. The van der Waals surface area contributed by atoms with Crippen molar-refractivity contribution < 1.29 is 4.79 Å². The number of amides is 1. The number of H-pyrrole nitrogens is 1. The van der Waals surface area contributed by atoms with Crippen LogP contribution in [0, 0.1) is 0 Å². The van der Waals surface area contributed by atoms with Gasteiger partial charge >= 0.3 is 0 Å². The smallest absolute Gasteiger partial charge is 0.220 e. The van der Waals surface area contributed by atoms with Gasteiger partial charge in [-0.2, -0.15) is 0 Å². The monoisotopic (exact) mass is 423 g/mol. The number of nitrogens with one attached hydrogen (secondary N) is 3. The lowest BCUT2D eigenvalue weighted by molar-refractivity contribution is -0.123. The molecule has 3 N–H and O–H groups in total. The fourth-order valence-corrected chi connectivity index (χ4v) is 4.89. The zero-order valence-electron chi connectivity index (χ0n) is 16.8. The third-order valence-corrected chi connectivity index (χ3v) is 6.53. The van der Waals surface area contributed by atoms with Crippen molar-refractivity contribution >= 4 is 34.2 Å². The van der Waals surface area contributed by atoms with Crippen molar-refractivity contribution in [2.45, 2.75) is 37.8 Å². The molecule has 2 aliphatic heterocycles. The third kappa shape index (κ3) is 4.02. The molecule has 2 saturated heterocycles. The van der Waals surface area contributed by atoms with Crippen LogP contribution in [0.15, 0.2) is 42.6 Å². The zero-order valence-corrected chi connectivity index (χ0v) is 17.6. The molecule has 30 heavy (non-hydrogen) atoms. The maximum atomic E-state index is 11.4. The first-order valence-electron chi connectivity index (χ1n) is 10.7. The third-order valence-electron chi connectivity index (χ3n) is 6.33. The van der Waals surface area contributed by atoms with Gasteiger partial charge in [-0.1, -0.05) is 29.8 Å². The summed E-state index contributed by atoms with van der Waals surface area (Å²) in [5, 5.41) is 8.27. The summed E-state index contributed by atoms with van der Waals surface area (Å²) in [4.78, 5) is 21.8. The number of halogens is 1. The molecule has 7 heteroatoms. The standard InChI is InChI=1S/C23H26ClN5O/c24-21-11-15(19-14-25-20-4-2-1-3-18(19)20)12-22(28-21)27-16-7-9-29(10-8-16)17-5-6-23(30)26-13-17/h1-4,11-12,14,16-17,25H,5-10,13H2,(H,26,30)(H,27,28). The van der Waals surface area contributed by atoms with Gasteiger partial charge < -0.3 is 15.6 Å². The Bertz CT molecular complexity index is 1050. The minimum Gasteiger partial charge on any atom is -0.367 e. The minimum atomic E-state index is 0.181. The van der Waals surface area contributed by atoms with E-state index in [-0.39, 0.29) is 5.91 Å². The van der Waals surface area contributed by atoms with Crippen LogP contribution in [0.2, 0.25) is 5.15 Å². The maximum absolute atomic E-state index is 11.4. The lowest BCUT2D eigenvalue weighted by atomic mass is 9.99. The Labute approximate surface area is 181 Å². The molecule has 1 aromatic carbocycles. The van der Waals surface area contributed by atoms with E-state index < -0.39 is 0 Å². The number of aromatic amines is 1. The van der Waals surface area contributed by atoms with Crippen LogP contribution in [0.5, 0.6) is 0 Å². The Morgan fingerprint density at radius 1 is 1.13 bits per heavy atom. The number of para-hydroxylation sites is 1. The summed E-state index contributed by atoms with van der Waals surface area (Å²) in [5.74, 6) is 1.01. The molecule has 0 saturated carbocycles. The fourth-order valence-electron chi connectivity index (χ4n) is 4.69. The Hall–Kier alpha value is -2.57. The van der Waals surface area contributed by atoms with E-state index in [1.165, 1.54) is 5.39 Å². The second-order valence-corrected chi connectivity index (χ2v) is 8.65. The number of carbonyl (C=O) groups is 1. The van der Waals surface area contributed by atoms with Crippen LogP contribution in [0.3, 0.4) is 0 Å². The number of carbonyl (C=O) groups excluding carboxylic acids is 1. The molecule has 2 aliphatic rings. The Morgan fingerprint density at radius 2 is 1.97 bits per heavy atom. The highest BCUT2D eigenvalue weighted by molar-refractivity contribution is 6.29. The average Bonchev–Trinajstić information content (AvgIpc) is 3.19. The van der Waals surface area contributed by atoms with Gasteiger partial charge in [-0.25, -0.2) is 4.98 Å². The molecular weight excluding hydrogens is 398 g/mol. The molecule has 2 fully saturated rings. The van der Waals surface area contributed by atoms with Crippen molar-refractivity contribution in [1.29, 1.82) is 0 Å². The van der Waals surface area contributed by atoms with Crippen molar-refractivity contribution in [2.75, 3.05) is 25.0 Å². The summed E-state index contributed by atoms with van der Waals surface area (Å²) in [6.45, 7) is 2.85. The second kappa shape index (κ2) is 8.28. The molecule has 3 aromatic rings. The number of anilines is 1. The molecular formula is C23H26ClN5O. The number of hydrogen-bond acceptors (Lipinski definition) is 4. The quantitative estimate of drug-likeness (QED) is 0.554. The van der Waals surface area contributed by atoms with Crippen molar-refractivity contribution in [3.63, 3.8) is 0 Å². The molecule has 0 bridgehead atoms. The van der Waals surface area contributed by atoms with Crippen LogP contribution in [-0.4, -0.2) is 52.5 Å². The summed E-state index contributed by atoms with van der Waals surface area (Å²) < 4.78 is 0. The van der Waals surface area contributed by atoms with Gasteiger partial charge in [-0.15, -0.1) is 0 Å². The highest BCUT2D eigenvalue weighted by atomic mass is 35.5. The van der Waals surface area contributed by atoms with E-state index in [1.807, 2.05) is 24.4 Å². The van der Waals surface area contributed by atoms with E-state index in [2.05, 4.69) is 43.7 Å². The van der Waals surface area contributed by atoms with Crippen molar-refractivity contribution in [3.05, 3.63) is 47.7 Å². The van der Waals surface area contributed by atoms with E-state index in [0.717, 1.165) is 61.4 Å². The molecule has 156 valence electrons. The highest BCUT2D eigenvalue weighted by Gasteiger charge is 2.28. The Balaban J connectivity index is 1.26. The molecule has 5 rings (SSSR count). The van der Waals surface area contributed by atoms with E-state index in [4.69, 9.17) is 11.6 Å². The van der Waals surface area contributed by atoms with Gasteiger partial charge in [0.25, 0.3) is 0 Å². The van der Waals surface area contributed by atoms with Gasteiger partial charge in [-0.3, -0.25) is 9.69 Å². The van der Waals surface area contributed by atoms with Gasteiger partial charge in [0.15, 0.2) is 0 Å². The number of hydrogen-bond donors (Lipinski definition) is 3. The number of piperidine rings is 2. The van der Waals surface area contributed by atoms with Gasteiger partial charge in [0.1, 0.15) is 11.0 Å². The van der Waals surface area contributed by atoms with Crippen LogP contribution in [0.1, 0.15) is 25.7 Å². The van der Waals surface area contributed by atoms with E-state index in [0.29, 0.717) is 23.7 Å². The first kappa shape index (κ1) is 19.4. The summed E-state index contributed by atoms with van der Waals surface area (Å²) in [7, 11) is 0. The van der Waals surface area contributed by atoms with E-state index in [9.17, 15) is 4.79 Å². The molecule has 1 atom stereocenters. The molecule has 4 heterocycles. The average molecular weight is 424 g/mol. The molecule has 0 radical (unpaired) electrons. The number of pyridine rings is 1. The fraction of sp³-hybridized carbons (Fsp3) is 0.391. The van der Waals surface area contributed by atoms with Crippen molar-refractivity contribution in [1.82, 2.24) is 20.2 Å². The normalized spacial score (nSPS) is 21.0. The first-order chi connectivity index (χ1) is 14.7. The lowest BCUT2D eigenvalue weighted by Crippen LogP contribution is -2.51. The molecule has 0 aliphatic carbocycles. The Morgan fingerprint density at radius 3 is 2.77 bits per heavy atom. The first-order valence-corrected chi connectivity index (χ1v) is 11.0. The molecule has 0 spiro atoms. The number of rotatable bonds is 4. The molecule has 6 nitrogen and oxygen atoms in total. The molecule has 1 unspecified atom stereocenters. The van der Waals surface area contributed by atoms with Crippen LogP contribution in [-0.2, 0) is 4.79 Å². The van der Waals surface area contributed by atoms with Crippen LogP contribution in [0.4, 0.5) is 5.82 Å². The van der Waals surface area contributed by atoms with E-state index >= 15 is 0 Å². The Kier molecular flexibility index (Phi) is 5.35. The predicted octanol–water partition coefficient (Wildman–Crippen LogP) is 4.04. The summed E-state index contributed by atoms with van der Waals surface area (Å²) in [6, 6.07) is 13.1. The number of benzene rings is 1. The van der Waals surface area contributed by atoms with Crippen molar-refractivity contribution in [2.24, 2.45) is 0 Å².